The van der Waals surface area contributed by atoms with Gasteiger partial charge in [-0.05, 0) is 43.9 Å². The number of nitrogens with zero attached hydrogens (tertiary/aromatic N) is 1. The minimum Gasteiger partial charge on any atom is -0.381 e. The molecule has 8 heteroatoms. The second-order valence-corrected chi connectivity index (χ2v) is 7.76. The number of hydrogen-bond donors (Lipinski definition) is 2. The fourth-order valence-electron chi connectivity index (χ4n) is 2.99. The Morgan fingerprint density at radius 3 is 2.87 bits per heavy atom. The van der Waals surface area contributed by atoms with Crippen LogP contribution in [0, 0.1) is 5.92 Å². The van der Waals surface area contributed by atoms with Crippen LogP contribution in [-0.2, 0) is 14.8 Å². The smallest absolute Gasteiger partial charge is 0.323 e. The lowest BCUT2D eigenvalue weighted by molar-refractivity contribution is 0.0864. The van der Waals surface area contributed by atoms with Crippen molar-refractivity contribution in [2.75, 3.05) is 26.3 Å². The Hall–Kier alpha value is -1.64. The summed E-state index contributed by atoms with van der Waals surface area (Å²) >= 11 is 0. The van der Waals surface area contributed by atoms with E-state index in [0.717, 1.165) is 12.8 Å². The highest BCUT2D eigenvalue weighted by Gasteiger charge is 2.30. The van der Waals surface area contributed by atoms with Gasteiger partial charge in [-0.3, -0.25) is 0 Å². The molecule has 126 valence electrons. The lowest BCUT2D eigenvalue weighted by Gasteiger charge is -2.31. The molecular formula is C15H21N3O4S. The lowest BCUT2D eigenvalue weighted by atomic mass is 10.0. The van der Waals surface area contributed by atoms with Crippen molar-refractivity contribution in [2.45, 2.75) is 24.7 Å². The minimum absolute atomic E-state index is 0.206. The van der Waals surface area contributed by atoms with E-state index in [0.29, 0.717) is 37.3 Å². The molecule has 1 atom stereocenters. The van der Waals surface area contributed by atoms with Crippen LogP contribution in [0.5, 0.6) is 0 Å². The van der Waals surface area contributed by atoms with Gasteiger partial charge in [-0.25, -0.2) is 13.2 Å². The van der Waals surface area contributed by atoms with Gasteiger partial charge >= 0.3 is 5.69 Å². The molecule has 0 spiro atoms. The SMILES string of the molecule is CCOCC1CCCN(S(=O)(=O)c2ccc3[nH]c(=O)[nH]c3c2)C1. The van der Waals surface area contributed by atoms with E-state index in [2.05, 4.69) is 9.97 Å². The van der Waals surface area contributed by atoms with Crippen LogP contribution in [0.3, 0.4) is 0 Å². The summed E-state index contributed by atoms with van der Waals surface area (Å²) in [5, 5.41) is 0. The number of nitrogens with one attached hydrogen (secondary N) is 2. The normalized spacial score (nSPS) is 20.1. The first-order valence-electron chi connectivity index (χ1n) is 7.80. The summed E-state index contributed by atoms with van der Waals surface area (Å²) in [4.78, 5) is 16.7. The molecule has 1 saturated heterocycles. The molecular weight excluding hydrogens is 318 g/mol. The van der Waals surface area contributed by atoms with Crippen molar-refractivity contribution in [1.29, 1.82) is 0 Å². The summed E-state index contributed by atoms with van der Waals surface area (Å²) in [6, 6.07) is 4.66. The van der Waals surface area contributed by atoms with Crippen molar-refractivity contribution in [2.24, 2.45) is 5.92 Å². The van der Waals surface area contributed by atoms with E-state index in [1.807, 2.05) is 6.92 Å². The van der Waals surface area contributed by atoms with Crippen LogP contribution in [0.15, 0.2) is 27.9 Å². The average molecular weight is 339 g/mol. The molecule has 1 aromatic carbocycles. The van der Waals surface area contributed by atoms with Gasteiger partial charge in [-0.1, -0.05) is 0 Å². The predicted octanol–water partition coefficient (Wildman–Crippen LogP) is 1.29. The van der Waals surface area contributed by atoms with E-state index < -0.39 is 10.0 Å². The summed E-state index contributed by atoms with van der Waals surface area (Å²) in [5.41, 5.74) is 0.755. The van der Waals surface area contributed by atoms with Crippen LogP contribution >= 0.6 is 0 Å². The Morgan fingerprint density at radius 2 is 2.09 bits per heavy atom. The van der Waals surface area contributed by atoms with Crippen LogP contribution in [0.2, 0.25) is 0 Å². The first-order chi connectivity index (χ1) is 11.0. The zero-order chi connectivity index (χ0) is 16.4. The summed E-state index contributed by atoms with van der Waals surface area (Å²) in [7, 11) is -3.56. The second kappa shape index (κ2) is 6.46. The minimum atomic E-state index is -3.56. The van der Waals surface area contributed by atoms with E-state index in [1.54, 1.807) is 6.07 Å². The highest BCUT2D eigenvalue weighted by molar-refractivity contribution is 7.89. The Kier molecular flexibility index (Phi) is 4.56. The van der Waals surface area contributed by atoms with Crippen molar-refractivity contribution < 1.29 is 13.2 Å². The molecule has 2 aromatic rings. The average Bonchev–Trinajstić information content (AvgIpc) is 2.92. The maximum atomic E-state index is 12.8. The number of benzene rings is 1. The molecule has 1 aromatic heterocycles. The number of aromatic amines is 2. The quantitative estimate of drug-likeness (QED) is 0.858. The largest absolute Gasteiger partial charge is 0.381 e. The topological polar surface area (TPSA) is 95.3 Å². The lowest BCUT2D eigenvalue weighted by Crippen LogP contribution is -2.41. The van der Waals surface area contributed by atoms with Crippen LogP contribution in [-0.4, -0.2) is 49.0 Å². The van der Waals surface area contributed by atoms with Crippen LogP contribution in [0.4, 0.5) is 0 Å². The van der Waals surface area contributed by atoms with Gasteiger partial charge in [0, 0.05) is 19.7 Å². The molecule has 1 aliphatic rings. The van der Waals surface area contributed by atoms with E-state index >= 15 is 0 Å². The van der Waals surface area contributed by atoms with E-state index in [9.17, 15) is 13.2 Å². The molecule has 2 N–H and O–H groups in total. The maximum absolute atomic E-state index is 12.8. The zero-order valence-corrected chi connectivity index (χ0v) is 13.9. The number of aromatic nitrogens is 2. The molecule has 3 rings (SSSR count). The first-order valence-corrected chi connectivity index (χ1v) is 9.24. The van der Waals surface area contributed by atoms with Gasteiger partial charge in [-0.15, -0.1) is 0 Å². The van der Waals surface area contributed by atoms with Crippen molar-refractivity contribution in [3.05, 3.63) is 28.7 Å². The molecule has 0 saturated carbocycles. The van der Waals surface area contributed by atoms with Gasteiger partial charge in [-0.2, -0.15) is 4.31 Å². The number of rotatable bonds is 5. The number of sulfonamides is 1. The van der Waals surface area contributed by atoms with Crippen molar-refractivity contribution in [3.63, 3.8) is 0 Å². The molecule has 23 heavy (non-hydrogen) atoms. The van der Waals surface area contributed by atoms with E-state index in [4.69, 9.17) is 4.74 Å². The standard InChI is InChI=1S/C15H21N3O4S/c1-2-22-10-11-4-3-7-18(9-11)23(20,21)12-5-6-13-14(8-12)17-15(19)16-13/h5-6,8,11H,2-4,7,9-10H2,1H3,(H2,16,17,19). The highest BCUT2D eigenvalue weighted by Crippen LogP contribution is 2.25. The third kappa shape index (κ3) is 3.34. The fourth-order valence-corrected chi connectivity index (χ4v) is 4.57. The molecule has 1 fully saturated rings. The van der Waals surface area contributed by atoms with Crippen molar-refractivity contribution in [1.82, 2.24) is 14.3 Å². The second-order valence-electron chi connectivity index (χ2n) is 5.82. The van der Waals surface area contributed by atoms with Gasteiger partial charge in [0.25, 0.3) is 0 Å². The summed E-state index contributed by atoms with van der Waals surface area (Å²) in [6.07, 6.45) is 1.82. The highest BCUT2D eigenvalue weighted by atomic mass is 32.2. The summed E-state index contributed by atoms with van der Waals surface area (Å²) in [5.74, 6) is 0.231. The number of ether oxygens (including phenoxy) is 1. The van der Waals surface area contributed by atoms with Gasteiger partial charge < -0.3 is 14.7 Å². The third-order valence-corrected chi connectivity index (χ3v) is 6.03. The van der Waals surface area contributed by atoms with Crippen LogP contribution in [0.1, 0.15) is 19.8 Å². The fraction of sp³-hybridized carbons (Fsp3) is 0.533. The van der Waals surface area contributed by atoms with Gasteiger partial charge in [0.2, 0.25) is 10.0 Å². The van der Waals surface area contributed by atoms with Gasteiger partial charge in [0.1, 0.15) is 0 Å². The summed E-state index contributed by atoms with van der Waals surface area (Å²) < 4.78 is 32.6. The Bertz CT molecular complexity index is 840. The third-order valence-electron chi connectivity index (χ3n) is 4.16. The number of hydrogen-bond acceptors (Lipinski definition) is 4. The van der Waals surface area contributed by atoms with Crippen molar-refractivity contribution >= 4 is 21.1 Å². The van der Waals surface area contributed by atoms with Crippen LogP contribution < -0.4 is 5.69 Å². The predicted molar refractivity (Wildman–Crippen MR) is 86.9 cm³/mol. The Balaban J connectivity index is 1.85. The molecule has 7 nitrogen and oxygen atoms in total. The number of H-pyrrole nitrogens is 2. The molecule has 1 aliphatic heterocycles. The number of imidazole rings is 1. The summed E-state index contributed by atoms with van der Waals surface area (Å²) in [6.45, 7) is 4.16. The molecule has 0 bridgehead atoms. The van der Waals surface area contributed by atoms with E-state index in [-0.39, 0.29) is 16.5 Å². The van der Waals surface area contributed by atoms with Gasteiger partial charge in [0.05, 0.1) is 22.5 Å². The Labute approximate surface area is 134 Å². The van der Waals surface area contributed by atoms with E-state index in [1.165, 1.54) is 16.4 Å². The molecule has 0 radical (unpaired) electrons. The first kappa shape index (κ1) is 16.2. The van der Waals surface area contributed by atoms with Crippen molar-refractivity contribution in [3.8, 4) is 0 Å². The Morgan fingerprint density at radius 1 is 1.30 bits per heavy atom. The molecule has 0 amide bonds. The van der Waals surface area contributed by atoms with Gasteiger partial charge in [0.15, 0.2) is 0 Å². The number of fused-ring (bicyclic) bond motifs is 1. The monoisotopic (exact) mass is 339 g/mol. The zero-order valence-electron chi connectivity index (χ0n) is 13.0. The van der Waals surface area contributed by atoms with Crippen LogP contribution in [0.25, 0.3) is 11.0 Å². The number of piperidine rings is 1. The maximum Gasteiger partial charge on any atom is 0.323 e. The molecule has 0 aliphatic carbocycles. The molecule has 1 unspecified atom stereocenters. The molecule has 2 heterocycles.